The highest BCUT2D eigenvalue weighted by atomic mass is 32.1. The van der Waals surface area contributed by atoms with E-state index >= 15 is 0 Å². The molecule has 76 valence electrons. The number of nitrogens with zero attached hydrogens (tertiary/aromatic N) is 1. The highest BCUT2D eigenvalue weighted by molar-refractivity contribution is 7.54. The molecule has 0 bridgehead atoms. The van der Waals surface area contributed by atoms with Crippen molar-refractivity contribution in [3.8, 4) is 0 Å². The molecule has 0 amide bonds. The zero-order valence-corrected chi connectivity index (χ0v) is 8.93. The average molecular weight is 217 g/mol. The van der Waals surface area contributed by atoms with E-state index in [2.05, 4.69) is 4.36 Å². The first kappa shape index (κ1) is 11.3. The third kappa shape index (κ3) is 5.54. The van der Waals surface area contributed by atoms with Gasteiger partial charge in [-0.15, -0.1) is 0 Å². The van der Waals surface area contributed by atoms with Gasteiger partial charge in [-0.3, -0.25) is 0 Å². The molecule has 2 aromatic carbocycles. The number of rotatable bonds is 1. The summed E-state index contributed by atoms with van der Waals surface area (Å²) < 4.78 is 13.4. The third-order valence-electron chi connectivity index (χ3n) is 1.57. The summed E-state index contributed by atoms with van der Waals surface area (Å²) in [5, 5.41) is 0. The fourth-order valence-corrected chi connectivity index (χ4v) is 1.12. The highest BCUT2D eigenvalue weighted by Gasteiger charge is 1.80. The Labute approximate surface area is 92.8 Å². The van der Waals surface area contributed by atoms with Crippen molar-refractivity contribution in [3.05, 3.63) is 66.7 Å². The maximum atomic E-state index is 9.85. The zero-order chi connectivity index (χ0) is 10.8. The van der Waals surface area contributed by atoms with Gasteiger partial charge in [-0.25, -0.2) is 0 Å². The van der Waals surface area contributed by atoms with Crippen LogP contribution in [0.3, 0.4) is 0 Å². The molecule has 0 saturated heterocycles. The first-order valence-corrected chi connectivity index (χ1v) is 5.18. The molecule has 2 aromatic rings. The lowest BCUT2D eigenvalue weighted by molar-refractivity contribution is 0.698. The molecule has 0 fully saturated rings. The van der Waals surface area contributed by atoms with Crippen LogP contribution in [-0.2, 0) is 11.5 Å². The van der Waals surface area contributed by atoms with E-state index in [1.54, 1.807) is 12.1 Å². The van der Waals surface area contributed by atoms with E-state index in [-0.39, 0.29) is 11.5 Å². The third-order valence-corrected chi connectivity index (χ3v) is 1.85. The molecule has 0 aliphatic rings. The molecule has 0 aliphatic heterocycles. The molecular weight excluding hydrogens is 206 g/mol. The maximum absolute atomic E-state index is 9.85. The maximum Gasteiger partial charge on any atom is 0.205 e. The first-order chi connectivity index (χ1) is 7.43. The molecule has 2 nitrogen and oxygen atoms in total. The molecule has 15 heavy (non-hydrogen) atoms. The van der Waals surface area contributed by atoms with E-state index in [1.807, 2.05) is 54.6 Å². The second kappa shape index (κ2) is 7.64. The summed E-state index contributed by atoms with van der Waals surface area (Å²) in [4.78, 5) is 0. The second-order valence-electron chi connectivity index (χ2n) is 2.66. The lowest BCUT2D eigenvalue weighted by Crippen LogP contribution is -1.57. The highest BCUT2D eigenvalue weighted by Crippen LogP contribution is 2.07. The van der Waals surface area contributed by atoms with Crippen molar-refractivity contribution in [2.45, 2.75) is 0 Å². The van der Waals surface area contributed by atoms with Gasteiger partial charge in [0.25, 0.3) is 0 Å². The fraction of sp³-hybridized carbons (Fsp3) is 0. The minimum Gasteiger partial charge on any atom is -0.191 e. The van der Waals surface area contributed by atoms with Crippen molar-refractivity contribution in [1.29, 1.82) is 0 Å². The van der Waals surface area contributed by atoms with Crippen molar-refractivity contribution < 1.29 is 4.21 Å². The van der Waals surface area contributed by atoms with Crippen LogP contribution in [0.5, 0.6) is 0 Å². The van der Waals surface area contributed by atoms with Gasteiger partial charge in [0.2, 0.25) is 11.5 Å². The SMILES string of the molecule is O=S=Nc1ccccc1.c1ccccc1. The van der Waals surface area contributed by atoms with Crippen LogP contribution in [-0.4, -0.2) is 4.21 Å². The van der Waals surface area contributed by atoms with Gasteiger partial charge < -0.3 is 0 Å². The van der Waals surface area contributed by atoms with Gasteiger partial charge in [0.05, 0.1) is 5.69 Å². The second-order valence-corrected chi connectivity index (χ2v) is 2.99. The predicted octanol–water partition coefficient (Wildman–Crippen LogP) is 3.40. The van der Waals surface area contributed by atoms with Gasteiger partial charge in [-0.1, -0.05) is 54.6 Å². The van der Waals surface area contributed by atoms with E-state index < -0.39 is 0 Å². The Balaban J connectivity index is 0.000000162. The van der Waals surface area contributed by atoms with Crippen LogP contribution < -0.4 is 0 Å². The van der Waals surface area contributed by atoms with Crippen LogP contribution in [0.1, 0.15) is 0 Å². The minimum atomic E-state index is 0.230. The van der Waals surface area contributed by atoms with E-state index in [4.69, 9.17) is 0 Å². The number of hydrogen-bond donors (Lipinski definition) is 0. The Bertz CT molecular complexity index is 383. The van der Waals surface area contributed by atoms with Gasteiger partial charge in [0.1, 0.15) is 0 Å². The molecule has 0 aliphatic carbocycles. The molecule has 0 saturated carbocycles. The average Bonchev–Trinajstić information content (AvgIpc) is 2.34. The predicted molar refractivity (Wildman–Crippen MR) is 63.1 cm³/mol. The molecule has 0 spiro atoms. The van der Waals surface area contributed by atoms with Gasteiger partial charge >= 0.3 is 0 Å². The monoisotopic (exact) mass is 217 g/mol. The van der Waals surface area contributed by atoms with E-state index in [1.165, 1.54) is 0 Å². The molecular formula is C12H11NOS. The van der Waals surface area contributed by atoms with Gasteiger partial charge in [0, 0.05) is 0 Å². The molecule has 0 heterocycles. The van der Waals surface area contributed by atoms with Crippen molar-refractivity contribution in [1.82, 2.24) is 0 Å². The molecule has 3 heteroatoms. The number of benzene rings is 2. The van der Waals surface area contributed by atoms with Gasteiger partial charge in [0.15, 0.2) is 0 Å². The summed E-state index contributed by atoms with van der Waals surface area (Å²) in [6.07, 6.45) is 0. The largest absolute Gasteiger partial charge is 0.205 e. The van der Waals surface area contributed by atoms with E-state index in [0.717, 1.165) is 5.69 Å². The minimum absolute atomic E-state index is 0.230. The van der Waals surface area contributed by atoms with Crippen molar-refractivity contribution >= 4 is 17.2 Å². The summed E-state index contributed by atoms with van der Waals surface area (Å²) in [6.45, 7) is 0. The Morgan fingerprint density at radius 3 is 1.53 bits per heavy atom. The summed E-state index contributed by atoms with van der Waals surface area (Å²) >= 11 is 0.230. The van der Waals surface area contributed by atoms with Gasteiger partial charge in [-0.2, -0.15) is 8.57 Å². The Morgan fingerprint density at radius 1 is 0.733 bits per heavy atom. The molecule has 0 N–H and O–H groups in total. The van der Waals surface area contributed by atoms with E-state index in [0.29, 0.717) is 0 Å². The van der Waals surface area contributed by atoms with Crippen LogP contribution in [0.15, 0.2) is 71.1 Å². The van der Waals surface area contributed by atoms with Crippen LogP contribution in [0, 0.1) is 0 Å². The molecule has 0 radical (unpaired) electrons. The molecule has 2 rings (SSSR count). The smallest absolute Gasteiger partial charge is 0.191 e. The van der Waals surface area contributed by atoms with Crippen LogP contribution in [0.25, 0.3) is 0 Å². The molecule has 0 atom stereocenters. The Hall–Kier alpha value is -1.74. The lowest BCUT2D eigenvalue weighted by Gasteiger charge is -1.82. The summed E-state index contributed by atoms with van der Waals surface area (Å²) in [5.74, 6) is 0. The van der Waals surface area contributed by atoms with Crippen molar-refractivity contribution in [2.75, 3.05) is 0 Å². The van der Waals surface area contributed by atoms with Crippen molar-refractivity contribution in [2.24, 2.45) is 4.36 Å². The van der Waals surface area contributed by atoms with Crippen LogP contribution in [0.4, 0.5) is 5.69 Å². The fourth-order valence-electron chi connectivity index (χ4n) is 0.917. The van der Waals surface area contributed by atoms with Crippen molar-refractivity contribution in [3.63, 3.8) is 0 Å². The quantitative estimate of drug-likeness (QED) is 0.719. The standard InChI is InChI=1S/C6H5NOS.C6H6/c8-9-7-6-4-2-1-3-5-6;1-2-4-6-5-3-1/h1-5H;1-6H. The number of hydrogen-bond acceptors (Lipinski definition) is 2. The zero-order valence-electron chi connectivity index (χ0n) is 8.11. The van der Waals surface area contributed by atoms with Crippen LogP contribution in [0.2, 0.25) is 0 Å². The summed E-state index contributed by atoms with van der Waals surface area (Å²) in [6, 6.07) is 21.1. The summed E-state index contributed by atoms with van der Waals surface area (Å²) in [7, 11) is 0. The molecule has 0 aromatic heterocycles. The summed E-state index contributed by atoms with van der Waals surface area (Å²) in [5.41, 5.74) is 0.720. The molecule has 0 unspecified atom stereocenters. The Morgan fingerprint density at radius 2 is 1.13 bits per heavy atom. The topological polar surface area (TPSA) is 29.4 Å². The lowest BCUT2D eigenvalue weighted by atomic mass is 10.3. The Kier molecular flexibility index (Phi) is 5.78. The van der Waals surface area contributed by atoms with E-state index in [9.17, 15) is 4.21 Å². The van der Waals surface area contributed by atoms with Crippen LogP contribution >= 0.6 is 0 Å². The van der Waals surface area contributed by atoms with Gasteiger partial charge in [-0.05, 0) is 12.1 Å². The normalized spacial score (nSPS) is 8.27. The first-order valence-electron chi connectivity index (χ1n) is 4.48.